The average molecular weight is 334 g/mol. The lowest BCUT2D eigenvalue weighted by Gasteiger charge is -2.23. The van der Waals surface area contributed by atoms with Crippen molar-refractivity contribution in [3.05, 3.63) is 35.9 Å². The highest BCUT2D eigenvalue weighted by Gasteiger charge is 2.48. The Morgan fingerprint density at radius 2 is 2.17 bits per heavy atom. The predicted octanol–water partition coefficient (Wildman–Crippen LogP) is 0.905. The van der Waals surface area contributed by atoms with Crippen LogP contribution in [-0.4, -0.2) is 48.2 Å². The van der Waals surface area contributed by atoms with E-state index in [1.807, 2.05) is 30.3 Å². The fourth-order valence-corrected chi connectivity index (χ4v) is 4.02. The lowest BCUT2D eigenvalue weighted by atomic mass is 9.97. The van der Waals surface area contributed by atoms with E-state index in [2.05, 4.69) is 5.32 Å². The third-order valence-corrected chi connectivity index (χ3v) is 5.44. The minimum absolute atomic E-state index is 0.150. The number of Topliss-reactive ketones (excluding diaryl/α,β-unsaturated/α-hetero) is 2. The van der Waals surface area contributed by atoms with E-state index in [4.69, 9.17) is 10.5 Å². The minimum Gasteiger partial charge on any atom is -0.357 e. The second-order valence-electron chi connectivity index (χ2n) is 6.04. The molecule has 0 aliphatic carbocycles. The first-order valence-electron chi connectivity index (χ1n) is 8.00. The molecule has 2 fully saturated rings. The highest BCUT2D eigenvalue weighted by Crippen LogP contribution is 2.25. The number of nitrogens with two attached hydrogens (primary N) is 1. The number of hydrogen-bond acceptors (Lipinski definition) is 6. The van der Waals surface area contributed by atoms with Crippen LogP contribution in [-0.2, 0) is 20.1 Å². The van der Waals surface area contributed by atoms with Crippen molar-refractivity contribution in [1.82, 2.24) is 5.32 Å². The maximum Gasteiger partial charge on any atom is 0.188 e. The van der Waals surface area contributed by atoms with Crippen LogP contribution in [0.5, 0.6) is 0 Å². The molecule has 5 nitrogen and oxygen atoms in total. The van der Waals surface area contributed by atoms with Crippen molar-refractivity contribution in [3.63, 3.8) is 0 Å². The van der Waals surface area contributed by atoms with Crippen LogP contribution in [0.4, 0.5) is 0 Å². The molecule has 124 valence electrons. The second-order valence-corrected chi connectivity index (χ2v) is 7.07. The number of thioether (sulfide) groups is 1. The molecule has 4 unspecified atom stereocenters. The summed E-state index contributed by atoms with van der Waals surface area (Å²) in [5.41, 5.74) is 7.18. The smallest absolute Gasteiger partial charge is 0.188 e. The first-order valence-corrected chi connectivity index (χ1v) is 9.16. The molecule has 1 aromatic carbocycles. The number of carbonyl (C=O) groups is 2. The molecule has 6 heteroatoms. The molecule has 2 aliphatic rings. The molecular weight excluding hydrogens is 312 g/mol. The summed E-state index contributed by atoms with van der Waals surface area (Å²) >= 11 is 1.60. The number of ether oxygens (including phenoxy) is 1. The van der Waals surface area contributed by atoms with Crippen molar-refractivity contribution in [3.8, 4) is 0 Å². The summed E-state index contributed by atoms with van der Waals surface area (Å²) in [6, 6.07) is 9.03. The van der Waals surface area contributed by atoms with E-state index in [9.17, 15) is 9.59 Å². The summed E-state index contributed by atoms with van der Waals surface area (Å²) in [5.74, 6) is 0.854. The predicted molar refractivity (Wildman–Crippen MR) is 90.3 cm³/mol. The van der Waals surface area contributed by atoms with Crippen molar-refractivity contribution in [2.24, 2.45) is 5.73 Å². The fourth-order valence-electron chi connectivity index (χ4n) is 3.06. The number of hydrogen-bond donors (Lipinski definition) is 2. The van der Waals surface area contributed by atoms with Gasteiger partial charge in [0.15, 0.2) is 17.7 Å². The number of ketones is 2. The van der Waals surface area contributed by atoms with Gasteiger partial charge in [0, 0.05) is 11.5 Å². The van der Waals surface area contributed by atoms with Crippen LogP contribution >= 0.6 is 11.8 Å². The summed E-state index contributed by atoms with van der Waals surface area (Å²) in [5, 5.41) is 3.15. The van der Waals surface area contributed by atoms with Gasteiger partial charge in [0.25, 0.3) is 0 Å². The van der Waals surface area contributed by atoms with Gasteiger partial charge in [-0.15, -0.1) is 0 Å². The van der Waals surface area contributed by atoms with Crippen molar-refractivity contribution < 1.29 is 14.3 Å². The summed E-state index contributed by atoms with van der Waals surface area (Å²) in [7, 11) is 0. The average Bonchev–Trinajstić information content (AvgIpc) is 2.92. The van der Waals surface area contributed by atoms with Gasteiger partial charge in [-0.05, 0) is 24.9 Å². The Labute approximate surface area is 140 Å². The normalized spacial score (nSPS) is 28.4. The van der Waals surface area contributed by atoms with E-state index >= 15 is 0 Å². The van der Waals surface area contributed by atoms with Crippen LogP contribution in [0.25, 0.3) is 0 Å². The van der Waals surface area contributed by atoms with Gasteiger partial charge in [0.05, 0.1) is 18.2 Å². The number of piperidine rings is 1. The standard InChI is InChI=1S/C17H22N2O3S/c18-12(10-23-9-11-5-2-1-3-6-11)15(20)17-16(21)14-13(22-17)7-4-8-19-14/h1-3,5-6,12-14,17,19H,4,7-10,18H2. The molecule has 4 atom stereocenters. The minimum atomic E-state index is -0.983. The van der Waals surface area contributed by atoms with Crippen LogP contribution < -0.4 is 11.1 Å². The number of nitrogens with one attached hydrogen (secondary N) is 1. The van der Waals surface area contributed by atoms with Crippen LogP contribution in [0.15, 0.2) is 30.3 Å². The summed E-state index contributed by atoms with van der Waals surface area (Å²) < 4.78 is 5.67. The molecule has 0 aromatic heterocycles. The Morgan fingerprint density at radius 1 is 1.39 bits per heavy atom. The molecule has 23 heavy (non-hydrogen) atoms. The number of fused-ring (bicyclic) bond motifs is 1. The fraction of sp³-hybridized carbons (Fsp3) is 0.529. The van der Waals surface area contributed by atoms with Gasteiger partial charge >= 0.3 is 0 Å². The highest BCUT2D eigenvalue weighted by atomic mass is 32.2. The van der Waals surface area contributed by atoms with Gasteiger partial charge in [-0.2, -0.15) is 11.8 Å². The lowest BCUT2D eigenvalue weighted by Crippen LogP contribution is -2.48. The molecule has 0 radical (unpaired) electrons. The van der Waals surface area contributed by atoms with Crippen molar-refractivity contribution in [2.45, 2.75) is 42.9 Å². The summed E-state index contributed by atoms with van der Waals surface area (Å²) in [6.07, 6.45) is 0.636. The van der Waals surface area contributed by atoms with E-state index < -0.39 is 12.1 Å². The molecule has 2 saturated heterocycles. The molecule has 0 saturated carbocycles. The maximum absolute atomic E-state index is 12.4. The van der Waals surface area contributed by atoms with Crippen LogP contribution in [0.2, 0.25) is 0 Å². The zero-order valence-corrected chi connectivity index (χ0v) is 13.8. The molecule has 0 amide bonds. The third kappa shape index (κ3) is 3.83. The summed E-state index contributed by atoms with van der Waals surface area (Å²) in [6.45, 7) is 0.802. The Bertz CT molecular complexity index is 566. The van der Waals surface area contributed by atoms with E-state index in [-0.39, 0.29) is 23.7 Å². The van der Waals surface area contributed by atoms with Crippen LogP contribution in [0.1, 0.15) is 18.4 Å². The van der Waals surface area contributed by atoms with E-state index in [0.717, 1.165) is 25.1 Å². The Kier molecular flexibility index (Phi) is 5.48. The van der Waals surface area contributed by atoms with Crippen molar-refractivity contribution >= 4 is 23.3 Å². The Hall–Kier alpha value is -1.21. The van der Waals surface area contributed by atoms with Gasteiger partial charge in [0.2, 0.25) is 0 Å². The lowest BCUT2D eigenvalue weighted by molar-refractivity contribution is -0.137. The summed E-state index contributed by atoms with van der Waals surface area (Å²) in [4.78, 5) is 24.7. The third-order valence-electron chi connectivity index (χ3n) is 4.31. The van der Waals surface area contributed by atoms with Gasteiger partial charge < -0.3 is 15.8 Å². The quantitative estimate of drug-likeness (QED) is 0.753. The van der Waals surface area contributed by atoms with E-state index in [1.54, 1.807) is 11.8 Å². The molecule has 1 aromatic rings. The van der Waals surface area contributed by atoms with Crippen LogP contribution in [0.3, 0.4) is 0 Å². The van der Waals surface area contributed by atoms with Crippen molar-refractivity contribution in [2.75, 3.05) is 12.3 Å². The van der Waals surface area contributed by atoms with Gasteiger partial charge in [0.1, 0.15) is 0 Å². The Balaban J connectivity index is 1.50. The monoisotopic (exact) mass is 334 g/mol. The molecule has 3 rings (SSSR count). The van der Waals surface area contributed by atoms with E-state index in [1.165, 1.54) is 5.56 Å². The number of carbonyl (C=O) groups excluding carboxylic acids is 2. The zero-order valence-electron chi connectivity index (χ0n) is 12.9. The van der Waals surface area contributed by atoms with Crippen molar-refractivity contribution in [1.29, 1.82) is 0 Å². The zero-order chi connectivity index (χ0) is 16.2. The second kappa shape index (κ2) is 7.57. The number of benzene rings is 1. The van der Waals surface area contributed by atoms with Crippen LogP contribution in [0, 0.1) is 0 Å². The molecule has 3 N–H and O–H groups in total. The molecule has 2 heterocycles. The molecule has 2 aliphatic heterocycles. The molecule has 0 spiro atoms. The largest absolute Gasteiger partial charge is 0.357 e. The van der Waals surface area contributed by atoms with Gasteiger partial charge in [-0.25, -0.2) is 0 Å². The maximum atomic E-state index is 12.4. The first-order chi connectivity index (χ1) is 11.2. The Morgan fingerprint density at radius 3 is 2.91 bits per heavy atom. The molecular formula is C17H22N2O3S. The molecule has 0 bridgehead atoms. The first kappa shape index (κ1) is 16.6. The number of rotatable bonds is 6. The van der Waals surface area contributed by atoms with Gasteiger partial charge in [-0.3, -0.25) is 9.59 Å². The highest BCUT2D eigenvalue weighted by molar-refractivity contribution is 7.98. The van der Waals surface area contributed by atoms with E-state index in [0.29, 0.717) is 5.75 Å². The topological polar surface area (TPSA) is 81.4 Å². The van der Waals surface area contributed by atoms with Gasteiger partial charge in [-0.1, -0.05) is 30.3 Å². The SMILES string of the molecule is NC(CSCc1ccccc1)C(=O)C1OC2CCCNC2C1=O.